The minimum atomic E-state index is -0.375. The molecule has 3 nitrogen and oxygen atoms in total. The second-order valence-electron chi connectivity index (χ2n) is 4.42. The largest absolute Gasteiger partial charge is 0.393 e. The van der Waals surface area contributed by atoms with Crippen molar-refractivity contribution in [2.45, 2.75) is 32.5 Å². The van der Waals surface area contributed by atoms with Crippen LogP contribution < -0.4 is 0 Å². The Balaban J connectivity index is 0.000000396. The predicted octanol–water partition coefficient (Wildman–Crippen LogP) is 2.68. The van der Waals surface area contributed by atoms with E-state index >= 15 is 0 Å². The fourth-order valence-corrected chi connectivity index (χ4v) is 1.57. The summed E-state index contributed by atoms with van der Waals surface area (Å²) < 4.78 is 0. The van der Waals surface area contributed by atoms with E-state index in [1.165, 1.54) is 0 Å². The van der Waals surface area contributed by atoms with Crippen LogP contribution in [0.15, 0.2) is 48.7 Å². The minimum absolute atomic E-state index is 0. The minimum Gasteiger partial charge on any atom is -0.393 e. The summed E-state index contributed by atoms with van der Waals surface area (Å²) in [6.45, 7) is 3.32. The number of hydrogen-bond donors (Lipinski definition) is 2. The summed E-state index contributed by atoms with van der Waals surface area (Å²) in [5.74, 6) is 0. The van der Waals surface area contributed by atoms with Crippen LogP contribution in [0.25, 0.3) is 11.3 Å². The van der Waals surface area contributed by atoms with Gasteiger partial charge in [-0.15, -0.1) is 35.9 Å². The van der Waals surface area contributed by atoms with Crippen molar-refractivity contribution in [1.29, 1.82) is 0 Å². The number of benzene rings is 1. The average Bonchev–Trinajstić information content (AvgIpc) is 2.40. The predicted molar refractivity (Wildman–Crippen MR) is 76.5 cm³/mol. The van der Waals surface area contributed by atoms with E-state index in [1.807, 2.05) is 42.5 Å². The molecule has 2 aromatic rings. The normalized spacial score (nSPS) is 12.4. The van der Waals surface area contributed by atoms with E-state index in [0.29, 0.717) is 6.42 Å². The van der Waals surface area contributed by atoms with Crippen LogP contribution in [0.2, 0.25) is 0 Å². The van der Waals surface area contributed by atoms with Crippen molar-refractivity contribution in [2.24, 2.45) is 0 Å². The zero-order valence-corrected chi connectivity index (χ0v) is 14.1. The van der Waals surface area contributed by atoms with Crippen molar-refractivity contribution in [3.05, 3.63) is 54.7 Å². The summed E-state index contributed by atoms with van der Waals surface area (Å²) in [5, 5.41) is 17.1. The zero-order valence-electron chi connectivity index (χ0n) is 11.7. The van der Waals surface area contributed by atoms with Gasteiger partial charge < -0.3 is 15.2 Å². The molecular formula is C16H20IrNO2-. The number of hydrogen-bond acceptors (Lipinski definition) is 3. The van der Waals surface area contributed by atoms with Crippen LogP contribution >= 0.6 is 0 Å². The molecule has 1 radical (unpaired) electrons. The van der Waals surface area contributed by atoms with Crippen LogP contribution in [-0.2, 0) is 20.1 Å². The zero-order chi connectivity index (χ0) is 14.1. The molecule has 1 aromatic carbocycles. The first-order chi connectivity index (χ1) is 9.09. The molecular weight excluding hydrogens is 430 g/mol. The molecule has 20 heavy (non-hydrogen) atoms. The second-order valence-corrected chi connectivity index (χ2v) is 4.42. The molecule has 111 valence electrons. The molecule has 0 saturated carbocycles. The first-order valence-corrected chi connectivity index (χ1v) is 6.34. The number of rotatable bonds is 3. The van der Waals surface area contributed by atoms with E-state index in [1.54, 1.807) is 20.0 Å². The van der Waals surface area contributed by atoms with E-state index < -0.39 is 0 Å². The van der Waals surface area contributed by atoms with Crippen LogP contribution in [-0.4, -0.2) is 27.4 Å². The van der Waals surface area contributed by atoms with E-state index in [0.717, 1.165) is 11.3 Å². The van der Waals surface area contributed by atoms with Gasteiger partial charge in [0, 0.05) is 26.3 Å². The first kappa shape index (κ1) is 18.9. The molecule has 2 atom stereocenters. The summed E-state index contributed by atoms with van der Waals surface area (Å²) in [7, 11) is 0. The third kappa shape index (κ3) is 8.18. The van der Waals surface area contributed by atoms with Gasteiger partial charge in [-0.25, -0.2) is 0 Å². The maximum absolute atomic E-state index is 8.56. The Morgan fingerprint density at radius 3 is 2.10 bits per heavy atom. The van der Waals surface area contributed by atoms with Gasteiger partial charge in [0.25, 0.3) is 0 Å². The third-order valence-corrected chi connectivity index (χ3v) is 2.33. The summed E-state index contributed by atoms with van der Waals surface area (Å²) in [6.07, 6.45) is 1.51. The van der Waals surface area contributed by atoms with Crippen LogP contribution in [0.1, 0.15) is 20.3 Å². The van der Waals surface area contributed by atoms with Gasteiger partial charge >= 0.3 is 0 Å². The van der Waals surface area contributed by atoms with Gasteiger partial charge in [-0.05, 0) is 32.0 Å². The van der Waals surface area contributed by atoms with Gasteiger partial charge in [-0.2, -0.15) is 0 Å². The average molecular weight is 451 g/mol. The third-order valence-electron chi connectivity index (χ3n) is 2.33. The van der Waals surface area contributed by atoms with Gasteiger partial charge in [0.2, 0.25) is 0 Å². The molecule has 0 amide bonds. The summed E-state index contributed by atoms with van der Waals surface area (Å²) >= 11 is 0. The van der Waals surface area contributed by atoms with Crippen LogP contribution in [0.5, 0.6) is 0 Å². The SMILES string of the molecule is CC(O)CC(C)O.[Ir].[c-]1ccccc1-c1ccccn1. The van der Waals surface area contributed by atoms with E-state index in [4.69, 9.17) is 10.2 Å². The molecule has 1 heterocycles. The number of nitrogens with zero attached hydrogens (tertiary/aromatic N) is 1. The fraction of sp³-hybridized carbons (Fsp3) is 0.312. The summed E-state index contributed by atoms with van der Waals surface area (Å²) in [4.78, 5) is 4.22. The molecule has 0 aliphatic heterocycles. The molecule has 1 aromatic heterocycles. The molecule has 0 fully saturated rings. The van der Waals surface area contributed by atoms with Crippen molar-refractivity contribution in [2.75, 3.05) is 0 Å². The topological polar surface area (TPSA) is 53.4 Å². The number of aromatic nitrogens is 1. The second kappa shape index (κ2) is 10.7. The Bertz CT molecular complexity index is 403. The van der Waals surface area contributed by atoms with Crippen LogP contribution in [0.4, 0.5) is 0 Å². The molecule has 2 unspecified atom stereocenters. The Hall–Kier alpha value is -1.06. The van der Waals surface area contributed by atoms with Gasteiger partial charge in [-0.3, -0.25) is 0 Å². The molecule has 2 N–H and O–H groups in total. The first-order valence-electron chi connectivity index (χ1n) is 6.34. The van der Waals surface area contributed by atoms with Crippen LogP contribution in [0.3, 0.4) is 0 Å². The molecule has 2 rings (SSSR count). The van der Waals surface area contributed by atoms with Crippen molar-refractivity contribution in [3.8, 4) is 11.3 Å². The molecule has 0 saturated heterocycles. The number of aliphatic hydroxyl groups is 2. The van der Waals surface area contributed by atoms with Crippen molar-refractivity contribution in [3.63, 3.8) is 0 Å². The molecule has 0 spiro atoms. The quantitative estimate of drug-likeness (QED) is 0.707. The molecule has 0 aliphatic carbocycles. The monoisotopic (exact) mass is 451 g/mol. The molecule has 0 aliphatic rings. The maximum Gasteiger partial charge on any atom is 0.0536 e. The maximum atomic E-state index is 8.56. The van der Waals surface area contributed by atoms with Gasteiger partial charge in [0.1, 0.15) is 0 Å². The van der Waals surface area contributed by atoms with Crippen molar-refractivity contribution >= 4 is 0 Å². The molecule has 0 bridgehead atoms. The van der Waals surface area contributed by atoms with Gasteiger partial charge in [0.05, 0.1) is 12.2 Å². The van der Waals surface area contributed by atoms with Gasteiger partial charge in [-0.1, -0.05) is 12.1 Å². The van der Waals surface area contributed by atoms with E-state index in [2.05, 4.69) is 11.1 Å². The van der Waals surface area contributed by atoms with E-state index in [9.17, 15) is 0 Å². The Labute approximate surface area is 134 Å². The van der Waals surface area contributed by atoms with E-state index in [-0.39, 0.29) is 32.3 Å². The number of aliphatic hydroxyl groups excluding tert-OH is 2. The van der Waals surface area contributed by atoms with Gasteiger partial charge in [0.15, 0.2) is 0 Å². The smallest absolute Gasteiger partial charge is 0.0536 e. The van der Waals surface area contributed by atoms with Crippen LogP contribution in [0, 0.1) is 6.07 Å². The number of pyridine rings is 1. The van der Waals surface area contributed by atoms with Crippen molar-refractivity contribution in [1.82, 2.24) is 4.98 Å². The summed E-state index contributed by atoms with van der Waals surface area (Å²) in [5.41, 5.74) is 2.01. The standard InChI is InChI=1S/C11H8N.C5H12O2.Ir/c1-2-6-10(7-3-1)11-8-4-5-9-12-11;1-4(6)3-5(2)7;/h1-6,8-9H;4-7H,3H2,1-2H3;/q-1;;. The fourth-order valence-electron chi connectivity index (χ4n) is 1.57. The Kier molecular flexibility index (Phi) is 10.1. The molecule has 4 heteroatoms. The summed E-state index contributed by atoms with van der Waals surface area (Å²) in [6, 6.07) is 16.8. The Morgan fingerprint density at radius 2 is 1.70 bits per heavy atom. The van der Waals surface area contributed by atoms with Crippen molar-refractivity contribution < 1.29 is 30.3 Å². The Morgan fingerprint density at radius 1 is 1.05 bits per heavy atom.